The molecule has 0 spiro atoms. The maximum atomic E-state index is 11.9. The molecule has 1 fully saturated rings. The van der Waals surface area contributed by atoms with Crippen LogP contribution in [0.2, 0.25) is 0 Å². The van der Waals surface area contributed by atoms with E-state index in [0.29, 0.717) is 17.9 Å². The van der Waals surface area contributed by atoms with Gasteiger partial charge < -0.3 is 10.2 Å². The van der Waals surface area contributed by atoms with Crippen LogP contribution in [0.4, 0.5) is 11.4 Å². The van der Waals surface area contributed by atoms with Crippen molar-refractivity contribution in [1.82, 2.24) is 0 Å². The molecule has 0 radical (unpaired) electrons. The number of anilines is 2. The molecular formula is C13H16N2O2S. The summed E-state index contributed by atoms with van der Waals surface area (Å²) in [7, 11) is -0.786. The Morgan fingerprint density at radius 2 is 2.28 bits per heavy atom. The summed E-state index contributed by atoms with van der Waals surface area (Å²) in [5.41, 5.74) is 3.15. The highest BCUT2D eigenvalue weighted by molar-refractivity contribution is 7.85. The minimum atomic E-state index is -0.786. The Morgan fingerprint density at radius 1 is 1.44 bits per heavy atom. The van der Waals surface area contributed by atoms with E-state index >= 15 is 0 Å². The molecule has 1 aromatic rings. The zero-order valence-electron chi connectivity index (χ0n) is 10.3. The maximum Gasteiger partial charge on any atom is 0.226 e. The fraction of sp³-hybridized carbons (Fsp3) is 0.462. The van der Waals surface area contributed by atoms with E-state index in [2.05, 4.69) is 23.2 Å². The molecule has 1 saturated heterocycles. The van der Waals surface area contributed by atoms with Crippen molar-refractivity contribution in [3.05, 3.63) is 23.8 Å². The number of nitrogens with one attached hydrogen (secondary N) is 1. The molecule has 1 N–H and O–H groups in total. The van der Waals surface area contributed by atoms with Crippen LogP contribution in [0.15, 0.2) is 18.2 Å². The van der Waals surface area contributed by atoms with E-state index in [1.165, 1.54) is 0 Å². The monoisotopic (exact) mass is 264 g/mol. The van der Waals surface area contributed by atoms with Crippen molar-refractivity contribution in [3.63, 3.8) is 0 Å². The molecule has 1 aromatic carbocycles. The van der Waals surface area contributed by atoms with Gasteiger partial charge in [-0.3, -0.25) is 9.00 Å². The standard InChI is InChI=1S/C13H16N2O2S/c1-9-3-2-4-11-13(9)15-5-6-18(17)8-10(15)7-12(16)14-11/h2-4,10H,5-8H2,1H3,(H,14,16). The lowest BCUT2D eigenvalue weighted by atomic mass is 10.1. The number of rotatable bonds is 0. The second kappa shape index (κ2) is 4.39. The Kier molecular flexibility index (Phi) is 2.86. The van der Waals surface area contributed by atoms with Gasteiger partial charge in [-0.2, -0.15) is 0 Å². The summed E-state index contributed by atoms with van der Waals surface area (Å²) in [6, 6.07) is 6.02. The van der Waals surface area contributed by atoms with Crippen LogP contribution in [-0.4, -0.2) is 34.2 Å². The Labute approximate surface area is 109 Å². The quantitative estimate of drug-likeness (QED) is 0.768. The fourth-order valence-corrected chi connectivity index (χ4v) is 4.08. The van der Waals surface area contributed by atoms with Crippen LogP contribution in [0, 0.1) is 6.92 Å². The first-order valence-electron chi connectivity index (χ1n) is 6.16. The predicted molar refractivity (Wildman–Crippen MR) is 73.4 cm³/mol. The number of carbonyl (C=O) groups excluding carboxylic acids is 1. The molecule has 2 atom stereocenters. The van der Waals surface area contributed by atoms with E-state index in [1.54, 1.807) is 0 Å². The van der Waals surface area contributed by atoms with E-state index in [9.17, 15) is 9.00 Å². The molecule has 2 unspecified atom stereocenters. The average molecular weight is 264 g/mol. The predicted octanol–water partition coefficient (Wildman–Crippen LogP) is 1.27. The summed E-state index contributed by atoms with van der Waals surface area (Å²) in [4.78, 5) is 14.1. The maximum absolute atomic E-state index is 11.9. The van der Waals surface area contributed by atoms with Gasteiger partial charge in [0, 0.05) is 41.3 Å². The van der Waals surface area contributed by atoms with E-state index < -0.39 is 10.8 Å². The van der Waals surface area contributed by atoms with Crippen molar-refractivity contribution in [1.29, 1.82) is 0 Å². The first-order valence-corrected chi connectivity index (χ1v) is 7.65. The molecule has 1 amide bonds. The highest BCUT2D eigenvalue weighted by atomic mass is 32.2. The first-order chi connectivity index (χ1) is 8.65. The molecule has 0 aliphatic carbocycles. The van der Waals surface area contributed by atoms with Crippen LogP contribution in [0.3, 0.4) is 0 Å². The van der Waals surface area contributed by atoms with Crippen molar-refractivity contribution in [3.8, 4) is 0 Å². The number of hydrogen-bond acceptors (Lipinski definition) is 3. The van der Waals surface area contributed by atoms with Crippen molar-refractivity contribution in [2.75, 3.05) is 28.3 Å². The van der Waals surface area contributed by atoms with Gasteiger partial charge in [0.05, 0.1) is 11.4 Å². The summed E-state index contributed by atoms with van der Waals surface area (Å²) < 4.78 is 11.7. The van der Waals surface area contributed by atoms with Crippen molar-refractivity contribution in [2.24, 2.45) is 0 Å². The Hall–Kier alpha value is -1.36. The molecule has 2 heterocycles. The van der Waals surface area contributed by atoms with Crippen molar-refractivity contribution < 1.29 is 9.00 Å². The number of aryl methyl sites for hydroxylation is 1. The van der Waals surface area contributed by atoms with Crippen molar-refractivity contribution in [2.45, 2.75) is 19.4 Å². The Balaban J connectivity index is 2.09. The molecule has 0 aromatic heterocycles. The molecule has 18 heavy (non-hydrogen) atoms. The number of para-hydroxylation sites is 1. The van der Waals surface area contributed by atoms with Gasteiger partial charge in [0.2, 0.25) is 5.91 Å². The summed E-state index contributed by atoms with van der Waals surface area (Å²) in [6.45, 7) is 2.82. The van der Waals surface area contributed by atoms with Crippen LogP contribution in [0.1, 0.15) is 12.0 Å². The summed E-state index contributed by atoms with van der Waals surface area (Å²) >= 11 is 0. The number of carbonyl (C=O) groups is 1. The lowest BCUT2D eigenvalue weighted by Crippen LogP contribution is -2.47. The first kappa shape index (κ1) is 11.7. The Morgan fingerprint density at radius 3 is 3.11 bits per heavy atom. The average Bonchev–Trinajstić information content (AvgIpc) is 2.44. The normalized spacial score (nSPS) is 26.9. The number of fused-ring (bicyclic) bond motifs is 3. The third kappa shape index (κ3) is 1.92. The van der Waals surface area contributed by atoms with E-state index in [1.807, 2.05) is 12.1 Å². The third-order valence-electron chi connectivity index (χ3n) is 3.60. The molecule has 96 valence electrons. The van der Waals surface area contributed by atoms with E-state index in [4.69, 9.17) is 0 Å². The van der Waals surface area contributed by atoms with Crippen molar-refractivity contribution >= 4 is 28.1 Å². The second-order valence-corrected chi connectivity index (χ2v) is 6.50. The summed E-state index contributed by atoms with van der Waals surface area (Å²) in [6.07, 6.45) is 0.430. The van der Waals surface area contributed by atoms with Crippen LogP contribution in [0.5, 0.6) is 0 Å². The minimum Gasteiger partial charge on any atom is -0.364 e. The molecule has 0 saturated carbocycles. The number of hydrogen-bond donors (Lipinski definition) is 1. The van der Waals surface area contributed by atoms with E-state index in [-0.39, 0.29) is 11.9 Å². The van der Waals surface area contributed by atoms with Crippen LogP contribution >= 0.6 is 0 Å². The fourth-order valence-electron chi connectivity index (χ4n) is 2.79. The van der Waals surface area contributed by atoms with Crippen LogP contribution in [-0.2, 0) is 15.6 Å². The van der Waals surface area contributed by atoms with Gasteiger partial charge in [-0.15, -0.1) is 0 Å². The minimum absolute atomic E-state index is 0.0215. The SMILES string of the molecule is Cc1cccc2c1N1CCS(=O)CC1CC(=O)N2. The topological polar surface area (TPSA) is 49.4 Å². The van der Waals surface area contributed by atoms with Crippen LogP contribution in [0.25, 0.3) is 0 Å². The molecule has 5 heteroatoms. The van der Waals surface area contributed by atoms with Crippen LogP contribution < -0.4 is 10.2 Å². The molecular weight excluding hydrogens is 248 g/mol. The smallest absolute Gasteiger partial charge is 0.226 e. The number of nitrogens with zero attached hydrogens (tertiary/aromatic N) is 1. The van der Waals surface area contributed by atoms with Gasteiger partial charge in [-0.05, 0) is 18.6 Å². The number of benzene rings is 1. The lowest BCUT2D eigenvalue weighted by molar-refractivity contribution is -0.116. The largest absolute Gasteiger partial charge is 0.364 e. The van der Waals surface area contributed by atoms with E-state index in [0.717, 1.165) is 23.5 Å². The Bertz CT molecular complexity index is 530. The summed E-state index contributed by atoms with van der Waals surface area (Å²) in [5, 5.41) is 2.95. The van der Waals surface area contributed by atoms with Gasteiger partial charge >= 0.3 is 0 Å². The molecule has 3 rings (SSSR count). The molecule has 2 aliphatic rings. The third-order valence-corrected chi connectivity index (χ3v) is 4.99. The van der Waals surface area contributed by atoms with Gasteiger partial charge in [-0.25, -0.2) is 0 Å². The number of amides is 1. The molecule has 2 aliphatic heterocycles. The van der Waals surface area contributed by atoms with Gasteiger partial charge in [0.15, 0.2) is 0 Å². The highest BCUT2D eigenvalue weighted by Crippen LogP contribution is 2.35. The highest BCUT2D eigenvalue weighted by Gasteiger charge is 2.33. The zero-order valence-corrected chi connectivity index (χ0v) is 11.1. The molecule has 4 nitrogen and oxygen atoms in total. The van der Waals surface area contributed by atoms with Gasteiger partial charge in [-0.1, -0.05) is 12.1 Å². The zero-order chi connectivity index (χ0) is 12.7. The molecule has 0 bridgehead atoms. The van der Waals surface area contributed by atoms with Gasteiger partial charge in [0.1, 0.15) is 0 Å². The lowest BCUT2D eigenvalue weighted by Gasteiger charge is -2.36. The van der Waals surface area contributed by atoms with Gasteiger partial charge in [0.25, 0.3) is 0 Å². The summed E-state index contributed by atoms with van der Waals surface area (Å²) in [5.74, 6) is 1.31. The second-order valence-electron chi connectivity index (χ2n) is 4.88.